The van der Waals surface area contributed by atoms with E-state index in [1.54, 1.807) is 12.1 Å². The number of nitro groups is 1. The smallest absolute Gasteiger partial charge is 0.437 e. The molecule has 0 aliphatic carbocycles. The molecular weight excluding hydrogens is 246 g/mol. The van der Waals surface area contributed by atoms with Gasteiger partial charge in [0.25, 0.3) is 5.69 Å². The Labute approximate surface area is 99.5 Å². The van der Waals surface area contributed by atoms with Gasteiger partial charge in [-0.25, -0.2) is 4.79 Å². The normalized spacial score (nSPS) is 10.2. The van der Waals surface area contributed by atoms with Crippen LogP contribution >= 0.6 is 11.3 Å². The topological polar surface area (TPSA) is 78.7 Å². The molecule has 17 heavy (non-hydrogen) atoms. The number of carbonyl (C=O) groups excluding carboxylic acids is 1. The minimum atomic E-state index is -0.814. The first-order chi connectivity index (χ1) is 8.10. The quantitative estimate of drug-likeness (QED) is 0.467. The summed E-state index contributed by atoms with van der Waals surface area (Å²) >= 11 is 1.15. The molecule has 0 fully saturated rings. The van der Waals surface area contributed by atoms with Crippen molar-refractivity contribution in [2.45, 2.75) is 0 Å². The van der Waals surface area contributed by atoms with Gasteiger partial charge in [-0.2, -0.15) is 0 Å². The Morgan fingerprint density at radius 1 is 1.41 bits per heavy atom. The molecule has 1 heterocycles. The molecule has 1 aromatic heterocycles. The summed E-state index contributed by atoms with van der Waals surface area (Å²) in [6, 6.07) is 6.07. The summed E-state index contributed by atoms with van der Waals surface area (Å²) < 4.78 is 9.86. The molecular formula is C10H7NO5S. The van der Waals surface area contributed by atoms with Gasteiger partial charge in [0.1, 0.15) is 0 Å². The molecule has 0 unspecified atom stereocenters. The number of ether oxygens (including phenoxy) is 2. The monoisotopic (exact) mass is 253 g/mol. The average Bonchev–Trinajstić information content (AvgIpc) is 2.69. The summed E-state index contributed by atoms with van der Waals surface area (Å²) in [6.45, 7) is 0. The molecule has 0 aliphatic rings. The molecule has 1 aromatic carbocycles. The van der Waals surface area contributed by atoms with Crippen LogP contribution in [0.3, 0.4) is 0 Å². The number of benzene rings is 1. The van der Waals surface area contributed by atoms with E-state index in [9.17, 15) is 14.9 Å². The summed E-state index contributed by atoms with van der Waals surface area (Å²) in [5, 5.41) is 11.7. The Kier molecular flexibility index (Phi) is 2.92. The van der Waals surface area contributed by atoms with Gasteiger partial charge in [0.2, 0.25) is 0 Å². The summed E-state index contributed by atoms with van der Waals surface area (Å²) in [6.07, 6.45) is -0.814. The maximum atomic E-state index is 10.9. The zero-order valence-corrected chi connectivity index (χ0v) is 9.52. The van der Waals surface area contributed by atoms with Gasteiger partial charge >= 0.3 is 6.16 Å². The first kappa shape index (κ1) is 11.3. The van der Waals surface area contributed by atoms with E-state index in [2.05, 4.69) is 4.74 Å². The van der Waals surface area contributed by atoms with Gasteiger partial charge in [-0.15, -0.1) is 0 Å². The number of thiophene rings is 1. The number of fused-ring (bicyclic) bond motifs is 1. The number of hydrogen-bond donors (Lipinski definition) is 0. The maximum Gasteiger partial charge on any atom is 0.514 e. The molecule has 0 atom stereocenters. The molecule has 0 bridgehead atoms. The number of nitro benzene ring substituents is 1. The van der Waals surface area contributed by atoms with Crippen molar-refractivity contribution in [3.63, 3.8) is 0 Å². The second-order valence-electron chi connectivity index (χ2n) is 3.10. The molecule has 88 valence electrons. The van der Waals surface area contributed by atoms with Crippen molar-refractivity contribution in [1.82, 2.24) is 0 Å². The fraction of sp³-hybridized carbons (Fsp3) is 0.100. The van der Waals surface area contributed by atoms with E-state index < -0.39 is 11.1 Å². The lowest BCUT2D eigenvalue weighted by Crippen LogP contribution is -2.05. The van der Waals surface area contributed by atoms with Crippen LogP contribution in [0.5, 0.6) is 5.06 Å². The first-order valence-electron chi connectivity index (χ1n) is 4.54. The number of carbonyl (C=O) groups is 1. The first-order valence-corrected chi connectivity index (χ1v) is 5.35. The number of hydrogen-bond acceptors (Lipinski definition) is 6. The lowest BCUT2D eigenvalue weighted by molar-refractivity contribution is -0.384. The van der Waals surface area contributed by atoms with Crippen LogP contribution in [0, 0.1) is 10.1 Å². The number of nitrogens with zero attached hydrogens (tertiary/aromatic N) is 1. The van der Waals surface area contributed by atoms with Gasteiger partial charge in [0.15, 0.2) is 5.06 Å². The highest BCUT2D eigenvalue weighted by molar-refractivity contribution is 7.20. The number of rotatable bonds is 2. The molecule has 0 saturated carbocycles. The molecule has 0 N–H and O–H groups in total. The van der Waals surface area contributed by atoms with Crippen molar-refractivity contribution in [3.05, 3.63) is 34.4 Å². The van der Waals surface area contributed by atoms with Gasteiger partial charge in [-0.05, 0) is 11.5 Å². The van der Waals surface area contributed by atoms with Gasteiger partial charge in [-0.3, -0.25) is 10.1 Å². The lowest BCUT2D eigenvalue weighted by atomic mass is 10.2. The minimum Gasteiger partial charge on any atom is -0.437 e. The van der Waals surface area contributed by atoms with E-state index in [1.165, 1.54) is 19.2 Å². The summed E-state index contributed by atoms with van der Waals surface area (Å²) in [5.74, 6) is 0. The van der Waals surface area contributed by atoms with Gasteiger partial charge in [-0.1, -0.05) is 11.3 Å². The molecule has 0 saturated heterocycles. The zero-order valence-electron chi connectivity index (χ0n) is 8.71. The minimum absolute atomic E-state index is 0.00367. The van der Waals surface area contributed by atoms with Crippen LogP contribution in [0.2, 0.25) is 0 Å². The van der Waals surface area contributed by atoms with Crippen molar-refractivity contribution in [2.24, 2.45) is 0 Å². The Morgan fingerprint density at radius 2 is 2.18 bits per heavy atom. The average molecular weight is 253 g/mol. The van der Waals surface area contributed by atoms with Crippen molar-refractivity contribution >= 4 is 33.3 Å². The Hall–Kier alpha value is -2.15. The molecule has 0 aliphatic heterocycles. The molecule has 2 rings (SSSR count). The van der Waals surface area contributed by atoms with Crippen LogP contribution in [0.15, 0.2) is 24.3 Å². The third-order valence-corrected chi connectivity index (χ3v) is 3.02. The van der Waals surface area contributed by atoms with Gasteiger partial charge in [0.05, 0.1) is 12.0 Å². The highest BCUT2D eigenvalue weighted by Gasteiger charge is 2.11. The van der Waals surface area contributed by atoms with E-state index in [4.69, 9.17) is 4.74 Å². The molecule has 2 aromatic rings. The lowest BCUT2D eigenvalue weighted by Gasteiger charge is -1.96. The zero-order chi connectivity index (χ0) is 12.4. The fourth-order valence-electron chi connectivity index (χ4n) is 1.28. The predicted octanol–water partition coefficient (Wildman–Crippen LogP) is 2.95. The predicted molar refractivity (Wildman–Crippen MR) is 61.5 cm³/mol. The fourth-order valence-corrected chi connectivity index (χ4v) is 2.22. The standard InChI is InChI=1S/C10H7NO5S/c1-15-10(12)16-9-4-6-2-3-7(11(13)14)5-8(6)17-9/h2-5H,1H3. The third-order valence-electron chi connectivity index (χ3n) is 2.04. The molecule has 0 radical (unpaired) electrons. The van der Waals surface area contributed by atoms with E-state index in [0.717, 1.165) is 16.7 Å². The van der Waals surface area contributed by atoms with E-state index in [-0.39, 0.29) is 5.69 Å². The van der Waals surface area contributed by atoms with Crippen LogP contribution in [-0.2, 0) is 4.74 Å². The van der Waals surface area contributed by atoms with Gasteiger partial charge in [0, 0.05) is 22.9 Å². The summed E-state index contributed by atoms with van der Waals surface area (Å²) in [4.78, 5) is 21.0. The molecule has 7 heteroatoms. The Balaban J connectivity index is 2.37. The Bertz CT molecular complexity index is 591. The summed E-state index contributed by atoms with van der Waals surface area (Å²) in [7, 11) is 1.21. The highest BCUT2D eigenvalue weighted by atomic mass is 32.1. The van der Waals surface area contributed by atoms with Gasteiger partial charge < -0.3 is 9.47 Å². The second-order valence-corrected chi connectivity index (χ2v) is 4.15. The van der Waals surface area contributed by atoms with Crippen LogP contribution < -0.4 is 4.74 Å². The SMILES string of the molecule is COC(=O)Oc1cc2ccc([N+](=O)[O-])cc2s1. The van der Waals surface area contributed by atoms with Crippen molar-refractivity contribution < 1.29 is 19.2 Å². The van der Waals surface area contributed by atoms with Crippen LogP contribution in [0.25, 0.3) is 10.1 Å². The van der Waals surface area contributed by atoms with Crippen molar-refractivity contribution in [1.29, 1.82) is 0 Å². The second kappa shape index (κ2) is 4.38. The molecule has 6 nitrogen and oxygen atoms in total. The largest absolute Gasteiger partial charge is 0.514 e. The van der Waals surface area contributed by atoms with E-state index >= 15 is 0 Å². The highest BCUT2D eigenvalue weighted by Crippen LogP contribution is 2.34. The van der Waals surface area contributed by atoms with Crippen LogP contribution in [-0.4, -0.2) is 18.2 Å². The van der Waals surface area contributed by atoms with Crippen LogP contribution in [0.1, 0.15) is 0 Å². The summed E-state index contributed by atoms with van der Waals surface area (Å²) in [5.41, 5.74) is 0.00367. The molecule has 0 spiro atoms. The van der Waals surface area contributed by atoms with E-state index in [0.29, 0.717) is 9.76 Å². The van der Waals surface area contributed by atoms with E-state index in [1.807, 2.05) is 0 Å². The van der Waals surface area contributed by atoms with Crippen LogP contribution in [0.4, 0.5) is 10.5 Å². The van der Waals surface area contributed by atoms with Crippen molar-refractivity contribution in [3.8, 4) is 5.06 Å². The third kappa shape index (κ3) is 2.34. The number of methoxy groups -OCH3 is 1. The Morgan fingerprint density at radius 3 is 2.82 bits per heavy atom. The number of non-ortho nitro benzene ring substituents is 1. The molecule has 0 amide bonds. The maximum absolute atomic E-state index is 10.9. The van der Waals surface area contributed by atoms with Crippen molar-refractivity contribution in [2.75, 3.05) is 7.11 Å².